The van der Waals surface area contributed by atoms with Crippen molar-refractivity contribution < 1.29 is 5.11 Å². The maximum Gasteiger partial charge on any atom is 0.0487 e. The van der Waals surface area contributed by atoms with Crippen molar-refractivity contribution in [2.45, 2.75) is 32.6 Å². The Morgan fingerprint density at radius 2 is 2.12 bits per heavy atom. The fourth-order valence-electron chi connectivity index (χ4n) is 1.19. The summed E-state index contributed by atoms with van der Waals surface area (Å²) in [6.07, 6.45) is 4.97. The molecule has 1 rings (SSSR count). The molecule has 0 aromatic carbocycles. The zero-order chi connectivity index (χ0) is 6.04. The fourth-order valence-corrected chi connectivity index (χ4v) is 1.19. The van der Waals surface area contributed by atoms with Crippen molar-refractivity contribution in [3.8, 4) is 0 Å². The maximum atomic E-state index is 8.79. The lowest BCUT2D eigenvalue weighted by Gasteiger charge is -2.06. The predicted molar refractivity (Wildman–Crippen MR) is 33.7 cm³/mol. The van der Waals surface area contributed by atoms with Crippen LogP contribution >= 0.6 is 0 Å². The third-order valence-corrected chi connectivity index (χ3v) is 2.07. The van der Waals surface area contributed by atoms with Crippen molar-refractivity contribution in [2.24, 2.45) is 5.41 Å². The van der Waals surface area contributed by atoms with Crippen LogP contribution in [0.3, 0.4) is 0 Å². The highest BCUT2D eigenvalue weighted by atomic mass is 16.3. The Balaban J connectivity index is 2.20. The topological polar surface area (TPSA) is 20.2 Å². The lowest BCUT2D eigenvalue weighted by molar-refractivity contribution is 0.202. The first kappa shape index (κ1) is 6.09. The first-order valence-corrected chi connectivity index (χ1v) is 3.44. The van der Waals surface area contributed by atoms with Crippen LogP contribution in [0.1, 0.15) is 32.6 Å². The molecule has 0 spiro atoms. The van der Waals surface area contributed by atoms with Crippen molar-refractivity contribution in [1.29, 1.82) is 0 Å². The number of aliphatic hydroxyl groups is 1. The van der Waals surface area contributed by atoms with Gasteiger partial charge in [0.15, 0.2) is 0 Å². The van der Waals surface area contributed by atoms with E-state index in [-0.39, 0.29) is 0 Å². The van der Waals surface area contributed by atoms with Crippen LogP contribution in [-0.2, 0) is 0 Å². The number of aliphatic hydroxyl groups excluding tert-OH is 1. The largest absolute Gasteiger partial charge is 0.396 e. The number of hydrogen-bond acceptors (Lipinski definition) is 1. The first-order valence-electron chi connectivity index (χ1n) is 3.44. The molecular weight excluding hydrogens is 100 g/mol. The highest BCUT2D eigenvalue weighted by molar-refractivity contribution is 4.91. The minimum atomic E-state index is 0.398. The number of rotatable bonds is 3. The van der Waals surface area contributed by atoms with Gasteiger partial charge in [0.25, 0.3) is 0 Å². The van der Waals surface area contributed by atoms with E-state index in [9.17, 15) is 0 Å². The van der Waals surface area contributed by atoms with Crippen LogP contribution in [-0.4, -0.2) is 11.7 Å². The lowest BCUT2D eigenvalue weighted by atomic mass is 10.0. The molecule has 0 aromatic heterocycles. The molecule has 0 bridgehead atoms. The van der Waals surface area contributed by atoms with Crippen molar-refractivity contribution in [1.82, 2.24) is 0 Å². The summed E-state index contributed by atoms with van der Waals surface area (Å²) in [6, 6.07) is 0. The van der Waals surface area contributed by atoms with Gasteiger partial charge in [-0.15, -0.1) is 0 Å². The average molecular weight is 114 g/mol. The molecule has 1 aliphatic carbocycles. The van der Waals surface area contributed by atoms with E-state index < -0.39 is 0 Å². The second kappa shape index (κ2) is 2.06. The van der Waals surface area contributed by atoms with Gasteiger partial charge in [0, 0.05) is 6.61 Å². The van der Waals surface area contributed by atoms with Crippen LogP contribution in [0.15, 0.2) is 0 Å². The van der Waals surface area contributed by atoms with Gasteiger partial charge in [-0.1, -0.05) is 13.3 Å². The van der Waals surface area contributed by atoms with Crippen molar-refractivity contribution in [3.05, 3.63) is 0 Å². The Morgan fingerprint density at radius 1 is 1.50 bits per heavy atom. The third-order valence-electron chi connectivity index (χ3n) is 2.07. The zero-order valence-corrected chi connectivity index (χ0v) is 5.48. The minimum Gasteiger partial charge on any atom is -0.396 e. The van der Waals surface area contributed by atoms with Gasteiger partial charge in [-0.05, 0) is 24.7 Å². The normalized spacial score (nSPS) is 23.2. The first-order chi connectivity index (χ1) is 3.83. The Bertz CT molecular complexity index is 74.5. The van der Waals surface area contributed by atoms with Crippen LogP contribution < -0.4 is 0 Å². The van der Waals surface area contributed by atoms with Crippen LogP contribution in [0.4, 0.5) is 0 Å². The molecule has 1 heteroatoms. The van der Waals surface area contributed by atoms with E-state index in [1.165, 1.54) is 25.7 Å². The van der Waals surface area contributed by atoms with Crippen LogP contribution in [0.5, 0.6) is 0 Å². The summed E-state index contributed by atoms with van der Waals surface area (Å²) >= 11 is 0. The Morgan fingerprint density at radius 3 is 2.25 bits per heavy atom. The maximum absolute atomic E-state index is 8.79. The van der Waals surface area contributed by atoms with Crippen LogP contribution in [0, 0.1) is 5.41 Å². The summed E-state index contributed by atoms with van der Waals surface area (Å²) in [4.78, 5) is 0. The molecule has 1 fully saturated rings. The highest BCUT2D eigenvalue weighted by Gasteiger charge is 2.40. The monoisotopic (exact) mass is 114 g/mol. The lowest BCUT2D eigenvalue weighted by Crippen LogP contribution is -2.04. The van der Waals surface area contributed by atoms with E-state index in [2.05, 4.69) is 6.92 Å². The summed E-state index contributed by atoms with van der Waals surface area (Å²) in [5, 5.41) is 8.79. The molecule has 1 saturated carbocycles. The fraction of sp³-hybridized carbons (Fsp3) is 1.00. The average Bonchev–Trinajstić information content (AvgIpc) is 2.50. The van der Waals surface area contributed by atoms with Gasteiger partial charge >= 0.3 is 0 Å². The Kier molecular flexibility index (Phi) is 1.57. The summed E-state index contributed by atoms with van der Waals surface area (Å²) in [7, 11) is 0. The zero-order valence-electron chi connectivity index (χ0n) is 5.48. The summed E-state index contributed by atoms with van der Waals surface area (Å²) in [5.74, 6) is 0. The van der Waals surface area contributed by atoms with E-state index in [1.807, 2.05) is 0 Å². The molecular formula is C7H14O. The van der Waals surface area contributed by atoms with Gasteiger partial charge in [-0.3, -0.25) is 0 Å². The SMILES string of the molecule is CCCC1(CO)CC1. The Labute approximate surface area is 50.7 Å². The molecule has 0 saturated heterocycles. The van der Waals surface area contributed by atoms with Crippen molar-refractivity contribution >= 4 is 0 Å². The van der Waals surface area contributed by atoms with E-state index in [0.29, 0.717) is 12.0 Å². The minimum absolute atomic E-state index is 0.398. The van der Waals surface area contributed by atoms with Gasteiger partial charge in [0.2, 0.25) is 0 Å². The molecule has 0 aromatic rings. The molecule has 0 aliphatic heterocycles. The molecule has 1 nitrogen and oxygen atoms in total. The quantitative estimate of drug-likeness (QED) is 0.590. The molecule has 0 atom stereocenters. The van der Waals surface area contributed by atoms with Gasteiger partial charge < -0.3 is 5.11 Å². The van der Waals surface area contributed by atoms with E-state index >= 15 is 0 Å². The van der Waals surface area contributed by atoms with E-state index in [0.717, 1.165) is 0 Å². The standard InChI is InChI=1S/C7H14O/c1-2-3-7(6-8)4-5-7/h8H,2-6H2,1H3. The molecule has 0 radical (unpaired) electrons. The van der Waals surface area contributed by atoms with Crippen molar-refractivity contribution in [3.63, 3.8) is 0 Å². The van der Waals surface area contributed by atoms with Crippen molar-refractivity contribution in [2.75, 3.05) is 6.61 Å². The molecule has 1 aliphatic rings. The summed E-state index contributed by atoms with van der Waals surface area (Å²) in [5.41, 5.74) is 0.398. The molecule has 48 valence electrons. The Hall–Kier alpha value is -0.0400. The number of hydrogen-bond donors (Lipinski definition) is 1. The van der Waals surface area contributed by atoms with E-state index in [1.54, 1.807) is 0 Å². The second-order valence-electron chi connectivity index (χ2n) is 2.91. The molecule has 0 unspecified atom stereocenters. The van der Waals surface area contributed by atoms with Gasteiger partial charge in [-0.25, -0.2) is 0 Å². The van der Waals surface area contributed by atoms with Gasteiger partial charge in [-0.2, -0.15) is 0 Å². The van der Waals surface area contributed by atoms with Gasteiger partial charge in [0.05, 0.1) is 0 Å². The molecule has 8 heavy (non-hydrogen) atoms. The van der Waals surface area contributed by atoms with Crippen LogP contribution in [0.2, 0.25) is 0 Å². The third kappa shape index (κ3) is 1.03. The molecule has 0 heterocycles. The predicted octanol–water partition coefficient (Wildman–Crippen LogP) is 1.56. The highest BCUT2D eigenvalue weighted by Crippen LogP contribution is 2.48. The molecule has 0 amide bonds. The summed E-state index contributed by atoms with van der Waals surface area (Å²) < 4.78 is 0. The summed E-state index contributed by atoms with van der Waals surface area (Å²) in [6.45, 7) is 2.59. The molecule has 1 N–H and O–H groups in total. The second-order valence-corrected chi connectivity index (χ2v) is 2.91. The van der Waals surface area contributed by atoms with Gasteiger partial charge in [0.1, 0.15) is 0 Å². The van der Waals surface area contributed by atoms with E-state index in [4.69, 9.17) is 5.11 Å². The van der Waals surface area contributed by atoms with Crippen LogP contribution in [0.25, 0.3) is 0 Å². The smallest absolute Gasteiger partial charge is 0.0487 e.